The van der Waals surface area contributed by atoms with Crippen molar-refractivity contribution < 1.29 is 5.11 Å². The maximum absolute atomic E-state index is 10.2. The molecule has 0 aliphatic rings. The number of aliphatic hydroxyl groups excluding tert-OH is 1. The van der Waals surface area contributed by atoms with Gasteiger partial charge in [-0.25, -0.2) is 9.97 Å². The van der Waals surface area contributed by atoms with E-state index in [0.29, 0.717) is 6.54 Å². The smallest absolute Gasteiger partial charge is 0.138 e. The van der Waals surface area contributed by atoms with Crippen LogP contribution in [0, 0.1) is 0 Å². The van der Waals surface area contributed by atoms with Gasteiger partial charge in [0.2, 0.25) is 0 Å². The maximum Gasteiger partial charge on any atom is 0.138 e. The van der Waals surface area contributed by atoms with Gasteiger partial charge in [0.05, 0.1) is 11.5 Å². The minimum absolute atomic E-state index is 0.424. The number of nitrogens with one attached hydrogen (secondary N) is 1. The summed E-state index contributed by atoms with van der Waals surface area (Å²) in [5.41, 5.74) is 0.898. The molecule has 2 heterocycles. The molecule has 3 aromatic rings. The Kier molecular flexibility index (Phi) is 4.13. The average Bonchev–Trinajstić information content (AvgIpc) is 2.97. The lowest BCUT2D eigenvalue weighted by atomic mass is 10.1. The number of benzene rings is 1. The second-order valence-corrected chi connectivity index (χ2v) is 5.93. The highest BCUT2D eigenvalue weighted by molar-refractivity contribution is 7.18. The summed E-state index contributed by atoms with van der Waals surface area (Å²) in [6, 6.07) is 11.7. The topological polar surface area (TPSA) is 58.0 Å². The number of hydrogen-bond donors (Lipinski definition) is 2. The van der Waals surface area contributed by atoms with E-state index >= 15 is 0 Å². The molecule has 0 spiro atoms. The zero-order valence-electron chi connectivity index (χ0n) is 11.8. The van der Waals surface area contributed by atoms with Crippen LogP contribution in [0.1, 0.15) is 23.5 Å². The molecular formula is C16H17N3OS. The first kappa shape index (κ1) is 14.0. The Morgan fingerprint density at radius 1 is 1.24 bits per heavy atom. The maximum atomic E-state index is 10.2. The van der Waals surface area contributed by atoms with E-state index in [1.807, 2.05) is 30.3 Å². The molecule has 4 nitrogen and oxygen atoms in total. The Balaban J connectivity index is 1.77. The number of fused-ring (bicyclic) bond motifs is 1. The van der Waals surface area contributed by atoms with Crippen LogP contribution in [0.2, 0.25) is 0 Å². The van der Waals surface area contributed by atoms with Crippen LogP contribution in [-0.2, 0) is 6.42 Å². The first-order chi connectivity index (χ1) is 10.3. The van der Waals surface area contributed by atoms with Crippen molar-refractivity contribution in [3.05, 3.63) is 53.2 Å². The van der Waals surface area contributed by atoms with Crippen LogP contribution in [0.15, 0.2) is 42.7 Å². The van der Waals surface area contributed by atoms with E-state index in [1.165, 1.54) is 4.88 Å². The largest absolute Gasteiger partial charge is 0.387 e. The van der Waals surface area contributed by atoms with Gasteiger partial charge in [-0.1, -0.05) is 37.3 Å². The predicted molar refractivity (Wildman–Crippen MR) is 86.7 cm³/mol. The third-order valence-electron chi connectivity index (χ3n) is 3.38. The van der Waals surface area contributed by atoms with E-state index in [9.17, 15) is 5.11 Å². The number of aromatic nitrogens is 2. The fourth-order valence-electron chi connectivity index (χ4n) is 2.21. The SMILES string of the molecule is CCc1cc2c(NCC(O)c3ccccc3)ncnc2s1. The quantitative estimate of drug-likeness (QED) is 0.758. The molecule has 0 fully saturated rings. The lowest BCUT2D eigenvalue weighted by molar-refractivity contribution is 0.191. The summed E-state index contributed by atoms with van der Waals surface area (Å²) < 4.78 is 0. The van der Waals surface area contributed by atoms with Crippen molar-refractivity contribution in [2.75, 3.05) is 11.9 Å². The summed E-state index contributed by atoms with van der Waals surface area (Å²) in [6.07, 6.45) is 2.00. The second kappa shape index (κ2) is 6.20. The monoisotopic (exact) mass is 299 g/mol. The fourth-order valence-corrected chi connectivity index (χ4v) is 3.14. The Morgan fingerprint density at radius 2 is 2.05 bits per heavy atom. The van der Waals surface area contributed by atoms with Crippen molar-refractivity contribution in [1.29, 1.82) is 0 Å². The van der Waals surface area contributed by atoms with Crippen LogP contribution in [-0.4, -0.2) is 21.6 Å². The lowest BCUT2D eigenvalue weighted by Gasteiger charge is -2.12. The summed E-state index contributed by atoms with van der Waals surface area (Å²) in [6.45, 7) is 2.55. The lowest BCUT2D eigenvalue weighted by Crippen LogP contribution is -2.13. The highest BCUT2D eigenvalue weighted by atomic mass is 32.1. The van der Waals surface area contributed by atoms with Gasteiger partial charge >= 0.3 is 0 Å². The first-order valence-corrected chi connectivity index (χ1v) is 7.80. The summed E-state index contributed by atoms with van der Waals surface area (Å²) in [4.78, 5) is 10.9. The zero-order valence-corrected chi connectivity index (χ0v) is 12.6. The van der Waals surface area contributed by atoms with Gasteiger partial charge in [0.1, 0.15) is 17.0 Å². The van der Waals surface area contributed by atoms with Crippen LogP contribution >= 0.6 is 11.3 Å². The van der Waals surface area contributed by atoms with E-state index < -0.39 is 6.10 Å². The van der Waals surface area contributed by atoms with Crippen molar-refractivity contribution in [2.45, 2.75) is 19.4 Å². The molecule has 1 unspecified atom stereocenters. The number of aryl methyl sites for hydroxylation is 1. The summed E-state index contributed by atoms with van der Waals surface area (Å²) >= 11 is 1.69. The molecule has 0 amide bonds. The third-order valence-corrected chi connectivity index (χ3v) is 4.56. The molecule has 0 radical (unpaired) electrons. The van der Waals surface area contributed by atoms with Crippen LogP contribution in [0.25, 0.3) is 10.2 Å². The van der Waals surface area contributed by atoms with E-state index in [4.69, 9.17) is 0 Å². The summed E-state index contributed by atoms with van der Waals surface area (Å²) in [7, 11) is 0. The molecule has 1 aromatic carbocycles. The highest BCUT2D eigenvalue weighted by Gasteiger charge is 2.10. The number of hydrogen-bond acceptors (Lipinski definition) is 5. The Hall–Kier alpha value is -1.98. The number of thiophene rings is 1. The van der Waals surface area contributed by atoms with Gasteiger partial charge in [-0.3, -0.25) is 0 Å². The van der Waals surface area contributed by atoms with Gasteiger partial charge < -0.3 is 10.4 Å². The van der Waals surface area contributed by atoms with E-state index in [1.54, 1.807) is 17.7 Å². The molecule has 0 aliphatic carbocycles. The van der Waals surface area contributed by atoms with Crippen molar-refractivity contribution in [3.63, 3.8) is 0 Å². The predicted octanol–water partition coefficient (Wildman–Crippen LogP) is 3.40. The van der Waals surface area contributed by atoms with Crippen LogP contribution in [0.4, 0.5) is 5.82 Å². The Labute approximate surface area is 127 Å². The van der Waals surface area contributed by atoms with Crippen LogP contribution in [0.5, 0.6) is 0 Å². The number of aliphatic hydroxyl groups is 1. The molecule has 2 N–H and O–H groups in total. The molecule has 5 heteroatoms. The van der Waals surface area contributed by atoms with Gasteiger partial charge in [0.15, 0.2) is 0 Å². The summed E-state index contributed by atoms with van der Waals surface area (Å²) in [5.74, 6) is 0.783. The molecular weight excluding hydrogens is 282 g/mol. The van der Waals surface area contributed by atoms with E-state index in [2.05, 4.69) is 28.3 Å². The van der Waals surface area contributed by atoms with Gasteiger partial charge in [0, 0.05) is 11.4 Å². The minimum atomic E-state index is -0.555. The van der Waals surface area contributed by atoms with Crippen molar-refractivity contribution in [1.82, 2.24) is 9.97 Å². The third kappa shape index (κ3) is 3.04. The van der Waals surface area contributed by atoms with Crippen molar-refractivity contribution in [2.24, 2.45) is 0 Å². The van der Waals surface area contributed by atoms with E-state index in [0.717, 1.165) is 28.0 Å². The zero-order chi connectivity index (χ0) is 14.7. The van der Waals surface area contributed by atoms with Gasteiger partial charge in [-0.05, 0) is 18.1 Å². The second-order valence-electron chi connectivity index (χ2n) is 4.81. The molecule has 1 atom stereocenters. The van der Waals surface area contributed by atoms with E-state index in [-0.39, 0.29) is 0 Å². The molecule has 2 aromatic heterocycles. The molecule has 0 bridgehead atoms. The Bertz CT molecular complexity index is 727. The van der Waals surface area contributed by atoms with Crippen molar-refractivity contribution >= 4 is 27.4 Å². The Morgan fingerprint density at radius 3 is 2.81 bits per heavy atom. The van der Waals surface area contributed by atoms with Gasteiger partial charge in [-0.2, -0.15) is 0 Å². The molecule has 0 aliphatic heterocycles. The van der Waals surface area contributed by atoms with Crippen molar-refractivity contribution in [3.8, 4) is 0 Å². The number of anilines is 1. The average molecular weight is 299 g/mol. The summed E-state index contributed by atoms with van der Waals surface area (Å²) in [5, 5.41) is 14.5. The molecule has 3 rings (SSSR count). The molecule has 108 valence electrons. The first-order valence-electron chi connectivity index (χ1n) is 6.98. The van der Waals surface area contributed by atoms with Gasteiger partial charge in [-0.15, -0.1) is 11.3 Å². The normalized spacial score (nSPS) is 12.5. The molecule has 0 saturated heterocycles. The van der Waals surface area contributed by atoms with Crippen LogP contribution in [0.3, 0.4) is 0 Å². The minimum Gasteiger partial charge on any atom is -0.387 e. The number of nitrogens with zero attached hydrogens (tertiary/aromatic N) is 2. The molecule has 0 saturated carbocycles. The standard InChI is InChI=1S/C16H17N3OS/c1-2-12-8-13-15(18-10-19-16(13)21-12)17-9-14(20)11-6-4-3-5-7-11/h3-8,10,14,20H,2,9H2,1H3,(H,17,18,19). The highest BCUT2D eigenvalue weighted by Crippen LogP contribution is 2.28. The number of rotatable bonds is 5. The molecule has 21 heavy (non-hydrogen) atoms. The van der Waals surface area contributed by atoms with Crippen LogP contribution < -0.4 is 5.32 Å². The fraction of sp³-hybridized carbons (Fsp3) is 0.250. The van der Waals surface area contributed by atoms with Gasteiger partial charge in [0.25, 0.3) is 0 Å².